The zero-order valence-electron chi connectivity index (χ0n) is 5.17. The molecule has 1 heterocycles. The second-order valence-electron chi connectivity index (χ2n) is 1.29. The molecule has 50 valence electrons. The molecule has 0 saturated heterocycles. The summed E-state index contributed by atoms with van der Waals surface area (Å²) in [4.78, 5) is 0. The Morgan fingerprint density at radius 2 is 2.20 bits per heavy atom. The van der Waals surface area contributed by atoms with E-state index in [1.54, 1.807) is 0 Å². The fraction of sp³-hybridized carbons (Fsp3) is 0. The van der Waals surface area contributed by atoms with Crippen LogP contribution in [0.15, 0.2) is 26.3 Å². The van der Waals surface area contributed by atoms with Crippen molar-refractivity contribution in [2.75, 3.05) is 0 Å². The third-order valence-corrected chi connectivity index (χ3v) is 1.69. The Kier molecular flexibility index (Phi) is 5.10. The molecule has 1 rings (SSSR count). The molecule has 1 aromatic rings. The molecule has 0 bridgehead atoms. The van der Waals surface area contributed by atoms with Crippen LogP contribution >= 0.6 is 15.9 Å². The molecule has 0 saturated carbocycles. The van der Waals surface area contributed by atoms with Gasteiger partial charge >= 0.3 is 29.6 Å². The molecule has 1 aromatic heterocycles. The molecule has 1 unspecified atom stereocenters. The van der Waals surface area contributed by atoms with E-state index in [1.165, 1.54) is 12.1 Å². The average Bonchev–Trinajstić information content (AvgIpc) is 2.14. The first kappa shape index (κ1) is 10.9. The molecular formula is C4H2BrNaO3S. The normalized spacial score (nSPS) is 12.2. The van der Waals surface area contributed by atoms with Crippen LogP contribution in [0.3, 0.4) is 0 Å². The molecule has 10 heavy (non-hydrogen) atoms. The van der Waals surface area contributed by atoms with Crippen molar-refractivity contribution in [3.05, 3.63) is 16.8 Å². The van der Waals surface area contributed by atoms with E-state index in [-0.39, 0.29) is 34.6 Å². The third-order valence-electron chi connectivity index (χ3n) is 0.713. The van der Waals surface area contributed by atoms with E-state index >= 15 is 0 Å². The van der Waals surface area contributed by atoms with E-state index in [2.05, 4.69) is 20.3 Å². The zero-order chi connectivity index (χ0) is 6.85. The summed E-state index contributed by atoms with van der Waals surface area (Å²) >= 11 is 0.706. The van der Waals surface area contributed by atoms with Gasteiger partial charge in [0.2, 0.25) is 0 Å². The van der Waals surface area contributed by atoms with Crippen LogP contribution in [0.2, 0.25) is 0 Å². The summed E-state index contributed by atoms with van der Waals surface area (Å²) in [6.45, 7) is 0. The molecule has 0 aliphatic heterocycles. The summed E-state index contributed by atoms with van der Waals surface area (Å²) in [5.74, 6) is 0. The molecule has 0 radical (unpaired) electrons. The molecule has 0 fully saturated rings. The molecule has 0 amide bonds. The Balaban J connectivity index is 0.000000810. The zero-order valence-corrected chi connectivity index (χ0v) is 9.57. The van der Waals surface area contributed by atoms with Gasteiger partial charge in [-0.05, 0) is 28.1 Å². The van der Waals surface area contributed by atoms with Crippen molar-refractivity contribution in [3.63, 3.8) is 0 Å². The standard InChI is InChI=1S/C4H3BrO3S.Na/c5-3-1-2-4(8-3)9(6)7;/h1-2H,(H,6,7);/q;+1/p-1. The van der Waals surface area contributed by atoms with Crippen LogP contribution in [0.25, 0.3) is 0 Å². The summed E-state index contributed by atoms with van der Waals surface area (Å²) in [7, 11) is 0. The van der Waals surface area contributed by atoms with E-state index in [9.17, 15) is 8.76 Å². The minimum absolute atomic E-state index is 0. The summed E-state index contributed by atoms with van der Waals surface area (Å²) in [5.41, 5.74) is 0. The van der Waals surface area contributed by atoms with E-state index in [0.717, 1.165) is 0 Å². The van der Waals surface area contributed by atoms with Crippen LogP contribution in [0, 0.1) is 0 Å². The average molecular weight is 233 g/mol. The summed E-state index contributed by atoms with van der Waals surface area (Å²) in [6, 6.07) is 2.89. The maximum atomic E-state index is 10.1. The predicted molar refractivity (Wildman–Crippen MR) is 33.6 cm³/mol. The first-order valence-corrected chi connectivity index (χ1v) is 3.91. The van der Waals surface area contributed by atoms with Crippen molar-refractivity contribution >= 4 is 27.0 Å². The third kappa shape index (κ3) is 2.86. The summed E-state index contributed by atoms with van der Waals surface area (Å²) in [6.07, 6.45) is 0. The summed E-state index contributed by atoms with van der Waals surface area (Å²) in [5, 5.41) is -0.0538. The molecule has 1 atom stereocenters. The quantitative estimate of drug-likeness (QED) is 0.428. The predicted octanol–water partition coefficient (Wildman–Crippen LogP) is -1.72. The number of furan rings is 1. The molecule has 0 spiro atoms. The molecule has 0 aliphatic rings. The minimum Gasteiger partial charge on any atom is -0.766 e. The Hall–Kier alpha value is 0.870. The van der Waals surface area contributed by atoms with E-state index < -0.39 is 11.1 Å². The second-order valence-corrected chi connectivity index (χ2v) is 2.95. The van der Waals surface area contributed by atoms with E-state index in [4.69, 9.17) is 0 Å². The molecule has 6 heteroatoms. The number of hydrogen-bond donors (Lipinski definition) is 0. The van der Waals surface area contributed by atoms with Gasteiger partial charge in [-0.25, -0.2) is 0 Å². The van der Waals surface area contributed by atoms with E-state index in [0.29, 0.717) is 4.67 Å². The number of rotatable bonds is 1. The number of hydrogen-bond acceptors (Lipinski definition) is 3. The van der Waals surface area contributed by atoms with Gasteiger partial charge in [0.05, 0.1) is 0 Å². The van der Waals surface area contributed by atoms with Gasteiger partial charge in [0, 0.05) is 11.1 Å². The second kappa shape index (κ2) is 4.69. The van der Waals surface area contributed by atoms with Gasteiger partial charge in [0.25, 0.3) is 0 Å². The Bertz CT molecular complexity index is 236. The molecule has 0 N–H and O–H groups in total. The molecule has 0 aromatic carbocycles. The first-order chi connectivity index (χ1) is 4.20. The van der Waals surface area contributed by atoms with Crippen LogP contribution < -0.4 is 29.6 Å². The smallest absolute Gasteiger partial charge is 0.766 e. The monoisotopic (exact) mass is 232 g/mol. The first-order valence-electron chi connectivity index (χ1n) is 2.05. The minimum atomic E-state index is -2.25. The van der Waals surface area contributed by atoms with E-state index in [1.807, 2.05) is 0 Å². The van der Waals surface area contributed by atoms with Crippen LogP contribution in [0.1, 0.15) is 0 Å². The Labute approximate surface area is 90.9 Å². The largest absolute Gasteiger partial charge is 1.00 e. The maximum absolute atomic E-state index is 10.1. The van der Waals surface area contributed by atoms with Crippen molar-refractivity contribution in [2.45, 2.75) is 5.09 Å². The van der Waals surface area contributed by atoms with Crippen molar-refractivity contribution in [1.29, 1.82) is 0 Å². The molecule has 3 nitrogen and oxygen atoms in total. The topological polar surface area (TPSA) is 53.3 Å². The van der Waals surface area contributed by atoms with Gasteiger partial charge < -0.3 is 8.97 Å². The fourth-order valence-corrected chi connectivity index (χ4v) is 1.14. The van der Waals surface area contributed by atoms with Gasteiger partial charge in [0.15, 0.2) is 9.76 Å². The molecular weight excluding hydrogens is 231 g/mol. The van der Waals surface area contributed by atoms with Gasteiger partial charge in [-0.15, -0.1) is 0 Å². The fourth-order valence-electron chi connectivity index (χ4n) is 0.387. The van der Waals surface area contributed by atoms with Gasteiger partial charge in [-0.3, -0.25) is 4.21 Å². The van der Waals surface area contributed by atoms with Crippen LogP contribution in [-0.2, 0) is 11.1 Å². The van der Waals surface area contributed by atoms with Crippen molar-refractivity contribution in [1.82, 2.24) is 0 Å². The van der Waals surface area contributed by atoms with Crippen molar-refractivity contribution < 1.29 is 42.7 Å². The summed E-state index contributed by atoms with van der Waals surface area (Å²) < 4.78 is 25.3. The maximum Gasteiger partial charge on any atom is 1.00 e. The van der Waals surface area contributed by atoms with Crippen LogP contribution in [0.4, 0.5) is 0 Å². The van der Waals surface area contributed by atoms with Gasteiger partial charge in [-0.1, -0.05) is 0 Å². The van der Waals surface area contributed by atoms with Crippen LogP contribution in [-0.4, -0.2) is 8.76 Å². The van der Waals surface area contributed by atoms with Gasteiger partial charge in [-0.2, -0.15) is 0 Å². The Morgan fingerprint density at radius 3 is 2.40 bits per heavy atom. The SMILES string of the molecule is O=S([O-])c1ccc(Br)o1.[Na+]. The Morgan fingerprint density at radius 1 is 1.60 bits per heavy atom. The molecule has 0 aliphatic carbocycles. The van der Waals surface area contributed by atoms with Crippen molar-refractivity contribution in [3.8, 4) is 0 Å². The van der Waals surface area contributed by atoms with Crippen LogP contribution in [0.5, 0.6) is 0 Å². The van der Waals surface area contributed by atoms with Crippen molar-refractivity contribution in [2.24, 2.45) is 0 Å². The van der Waals surface area contributed by atoms with Gasteiger partial charge in [0.1, 0.15) is 0 Å². The number of halogens is 1.